The van der Waals surface area contributed by atoms with Gasteiger partial charge in [-0.15, -0.1) is 0 Å². The van der Waals surface area contributed by atoms with E-state index in [1.165, 1.54) is 6.08 Å². The number of ketones is 1. The highest BCUT2D eigenvalue weighted by Crippen LogP contribution is 2.35. The van der Waals surface area contributed by atoms with E-state index >= 15 is 0 Å². The first-order chi connectivity index (χ1) is 12.0. The lowest BCUT2D eigenvalue weighted by Gasteiger charge is -2.07. The Balaban J connectivity index is 1.92. The Labute approximate surface area is 162 Å². The molecule has 0 aliphatic rings. The number of carbonyl (C=O) groups excluding carboxylic acids is 1. The van der Waals surface area contributed by atoms with Gasteiger partial charge in [0.05, 0.1) is 21.6 Å². The molecule has 1 N–H and O–H groups in total. The molecule has 0 bridgehead atoms. The first kappa shape index (κ1) is 17.7. The Morgan fingerprint density at radius 3 is 2.44 bits per heavy atom. The molecule has 3 nitrogen and oxygen atoms in total. The zero-order chi connectivity index (χ0) is 18.0. The highest BCUT2D eigenvalue weighted by atomic mass is 79.9. The van der Waals surface area contributed by atoms with Crippen molar-refractivity contribution < 1.29 is 14.6 Å². The summed E-state index contributed by atoms with van der Waals surface area (Å²) in [6, 6.07) is 14.6. The monoisotopic (exact) mass is 460 g/mol. The van der Waals surface area contributed by atoms with E-state index < -0.39 is 0 Å². The molecule has 126 valence electrons. The van der Waals surface area contributed by atoms with Crippen LogP contribution in [0.2, 0.25) is 0 Å². The summed E-state index contributed by atoms with van der Waals surface area (Å²) in [6.45, 7) is 0. The Morgan fingerprint density at radius 2 is 1.76 bits per heavy atom. The number of phenols is 1. The minimum Gasteiger partial charge on any atom is -0.507 e. The van der Waals surface area contributed by atoms with E-state index in [2.05, 4.69) is 31.9 Å². The molecule has 0 aliphatic carbocycles. The number of phenolic OH excluding ortho intramolecular Hbond substituents is 1. The molecule has 25 heavy (non-hydrogen) atoms. The van der Waals surface area contributed by atoms with Crippen LogP contribution in [-0.2, 0) is 0 Å². The fourth-order valence-corrected chi connectivity index (χ4v) is 4.13. The first-order valence-electron chi connectivity index (χ1n) is 7.47. The summed E-state index contributed by atoms with van der Waals surface area (Å²) in [5.41, 5.74) is 1.11. The van der Waals surface area contributed by atoms with E-state index in [4.69, 9.17) is 4.74 Å². The average molecular weight is 462 g/mol. The van der Waals surface area contributed by atoms with Crippen molar-refractivity contribution in [2.24, 2.45) is 0 Å². The highest BCUT2D eigenvalue weighted by Gasteiger charge is 2.12. The van der Waals surface area contributed by atoms with Crippen LogP contribution in [0.1, 0.15) is 15.9 Å². The van der Waals surface area contributed by atoms with E-state index in [0.717, 1.165) is 19.9 Å². The third kappa shape index (κ3) is 3.62. The largest absolute Gasteiger partial charge is 0.507 e. The van der Waals surface area contributed by atoms with E-state index in [1.807, 2.05) is 36.4 Å². The van der Waals surface area contributed by atoms with Crippen LogP contribution in [0, 0.1) is 0 Å². The van der Waals surface area contributed by atoms with Crippen LogP contribution in [0.15, 0.2) is 63.6 Å². The van der Waals surface area contributed by atoms with Gasteiger partial charge in [-0.2, -0.15) is 0 Å². The number of methoxy groups -OCH3 is 1. The summed E-state index contributed by atoms with van der Waals surface area (Å²) in [5, 5.41) is 11.9. The van der Waals surface area contributed by atoms with Gasteiger partial charge in [0.15, 0.2) is 5.78 Å². The molecule has 0 atom stereocenters. The third-order valence-corrected chi connectivity index (χ3v) is 5.00. The van der Waals surface area contributed by atoms with Gasteiger partial charge in [0.25, 0.3) is 0 Å². The lowest BCUT2D eigenvalue weighted by molar-refractivity contribution is 0.104. The molecule has 0 saturated carbocycles. The SMILES string of the molecule is COc1c(Br)cc(/C=C/C(=O)c2ccc3ccccc3c2O)cc1Br. The maximum atomic E-state index is 12.5. The van der Waals surface area contributed by atoms with Gasteiger partial charge in [0.2, 0.25) is 0 Å². The third-order valence-electron chi connectivity index (χ3n) is 3.82. The lowest BCUT2D eigenvalue weighted by Crippen LogP contribution is -1.95. The molecule has 0 spiro atoms. The minimum absolute atomic E-state index is 0.00448. The second-order valence-corrected chi connectivity index (χ2v) is 7.11. The Bertz CT molecular complexity index is 970. The van der Waals surface area contributed by atoms with Crippen molar-refractivity contribution in [2.75, 3.05) is 7.11 Å². The molecule has 0 unspecified atom stereocenters. The Hall–Kier alpha value is -2.11. The predicted octanol–water partition coefficient (Wildman–Crippen LogP) is 5.98. The number of hydrogen-bond donors (Lipinski definition) is 1. The molecular weight excluding hydrogens is 448 g/mol. The highest BCUT2D eigenvalue weighted by molar-refractivity contribution is 9.11. The molecule has 3 aromatic carbocycles. The van der Waals surface area contributed by atoms with Crippen molar-refractivity contribution in [1.29, 1.82) is 0 Å². The molecule has 0 fully saturated rings. The normalized spacial score (nSPS) is 11.2. The number of fused-ring (bicyclic) bond motifs is 1. The summed E-state index contributed by atoms with van der Waals surface area (Å²) in [5.74, 6) is 0.437. The van der Waals surface area contributed by atoms with Crippen molar-refractivity contribution in [3.63, 3.8) is 0 Å². The van der Waals surface area contributed by atoms with Gasteiger partial charge in [0.1, 0.15) is 11.5 Å². The van der Waals surface area contributed by atoms with Gasteiger partial charge >= 0.3 is 0 Å². The lowest BCUT2D eigenvalue weighted by atomic mass is 10.0. The van der Waals surface area contributed by atoms with Gasteiger partial charge in [-0.25, -0.2) is 0 Å². The molecule has 3 rings (SSSR count). The summed E-state index contributed by atoms with van der Waals surface area (Å²) < 4.78 is 6.83. The minimum atomic E-state index is -0.258. The number of aromatic hydroxyl groups is 1. The van der Waals surface area contributed by atoms with Crippen LogP contribution in [0.25, 0.3) is 16.8 Å². The Morgan fingerprint density at radius 1 is 1.08 bits per heavy atom. The second kappa shape index (κ2) is 7.42. The standard InChI is InChI=1S/C20H14Br2O3/c1-25-20-16(21)10-12(11-17(20)22)6-9-18(23)15-8-7-13-4-2-3-5-14(13)19(15)24/h2-11,24H,1H3/b9-6+. The zero-order valence-electron chi connectivity index (χ0n) is 13.3. The molecule has 3 aromatic rings. The number of hydrogen-bond acceptors (Lipinski definition) is 3. The van der Waals surface area contributed by atoms with E-state index in [1.54, 1.807) is 25.3 Å². The van der Waals surface area contributed by atoms with Crippen molar-refractivity contribution >= 4 is 54.5 Å². The topological polar surface area (TPSA) is 46.5 Å². The van der Waals surface area contributed by atoms with Crippen molar-refractivity contribution in [3.05, 3.63) is 74.7 Å². The second-order valence-electron chi connectivity index (χ2n) is 5.40. The summed E-state index contributed by atoms with van der Waals surface area (Å²) in [7, 11) is 1.59. The van der Waals surface area contributed by atoms with Crippen LogP contribution >= 0.6 is 31.9 Å². The number of ether oxygens (including phenoxy) is 1. The molecule has 0 aliphatic heterocycles. The van der Waals surface area contributed by atoms with Gasteiger partial charge in [0, 0.05) is 5.39 Å². The van der Waals surface area contributed by atoms with Gasteiger partial charge in [-0.1, -0.05) is 36.4 Å². The van der Waals surface area contributed by atoms with Gasteiger partial charge in [-0.3, -0.25) is 4.79 Å². The zero-order valence-corrected chi connectivity index (χ0v) is 16.5. The van der Waals surface area contributed by atoms with Crippen molar-refractivity contribution in [3.8, 4) is 11.5 Å². The molecule has 0 radical (unpaired) electrons. The summed E-state index contributed by atoms with van der Waals surface area (Å²) in [4.78, 5) is 12.5. The number of halogens is 2. The fourth-order valence-electron chi connectivity index (χ4n) is 2.59. The molecular formula is C20H14Br2O3. The Kier molecular flexibility index (Phi) is 5.25. The molecule has 0 saturated heterocycles. The summed E-state index contributed by atoms with van der Waals surface area (Å²) >= 11 is 6.87. The fraction of sp³-hybridized carbons (Fsp3) is 0.0500. The number of carbonyl (C=O) groups is 1. The van der Waals surface area contributed by atoms with Crippen LogP contribution in [0.5, 0.6) is 11.5 Å². The number of rotatable bonds is 4. The van der Waals surface area contributed by atoms with Crippen molar-refractivity contribution in [1.82, 2.24) is 0 Å². The molecule has 0 aromatic heterocycles. The van der Waals surface area contributed by atoms with E-state index in [-0.39, 0.29) is 17.1 Å². The van der Waals surface area contributed by atoms with Crippen LogP contribution < -0.4 is 4.74 Å². The quantitative estimate of drug-likeness (QED) is 0.384. The predicted molar refractivity (Wildman–Crippen MR) is 107 cm³/mol. The van der Waals surface area contributed by atoms with Crippen LogP contribution in [-0.4, -0.2) is 18.0 Å². The maximum Gasteiger partial charge on any atom is 0.189 e. The number of allylic oxidation sites excluding steroid dienone is 1. The summed E-state index contributed by atoms with van der Waals surface area (Å²) in [6.07, 6.45) is 3.15. The first-order valence-corrected chi connectivity index (χ1v) is 9.06. The van der Waals surface area contributed by atoms with Crippen LogP contribution in [0.4, 0.5) is 0 Å². The maximum absolute atomic E-state index is 12.5. The molecule has 0 amide bonds. The van der Waals surface area contributed by atoms with E-state index in [0.29, 0.717) is 11.1 Å². The van der Waals surface area contributed by atoms with Crippen molar-refractivity contribution in [2.45, 2.75) is 0 Å². The van der Waals surface area contributed by atoms with E-state index in [9.17, 15) is 9.90 Å². The number of benzene rings is 3. The average Bonchev–Trinajstić information content (AvgIpc) is 2.60. The smallest absolute Gasteiger partial charge is 0.189 e. The molecule has 0 heterocycles. The van der Waals surface area contributed by atoms with Gasteiger partial charge in [-0.05, 0) is 67.1 Å². The van der Waals surface area contributed by atoms with Gasteiger partial charge < -0.3 is 9.84 Å². The molecule has 5 heteroatoms. The van der Waals surface area contributed by atoms with Crippen LogP contribution in [0.3, 0.4) is 0 Å².